The highest BCUT2D eigenvalue weighted by atomic mass is 32.2. The van der Waals surface area contributed by atoms with Crippen LogP contribution in [0.15, 0.2) is 78.0 Å². The van der Waals surface area contributed by atoms with E-state index in [0.717, 1.165) is 33.3 Å². The summed E-state index contributed by atoms with van der Waals surface area (Å²) in [5.74, 6) is 0.0134. The molecule has 8 heteroatoms. The summed E-state index contributed by atoms with van der Waals surface area (Å²) in [6, 6.07) is 23.0. The first-order valence-corrected chi connectivity index (χ1v) is 12.1. The van der Waals surface area contributed by atoms with Crippen LogP contribution in [-0.4, -0.2) is 38.0 Å². The number of thioether (sulfide) groups is 1. The Bertz CT molecular complexity index is 1590. The number of amides is 2. The van der Waals surface area contributed by atoms with Crippen molar-refractivity contribution in [1.82, 2.24) is 14.4 Å². The molecule has 1 atom stereocenters. The van der Waals surface area contributed by atoms with Crippen LogP contribution in [0, 0.1) is 0 Å². The van der Waals surface area contributed by atoms with Crippen molar-refractivity contribution in [3.8, 4) is 0 Å². The summed E-state index contributed by atoms with van der Waals surface area (Å²) in [4.78, 5) is 37.3. The molecule has 1 aliphatic rings. The second kappa shape index (κ2) is 8.14. The number of aromatic nitrogens is 3. The smallest absolute Gasteiger partial charge is 0.237 e. The first-order valence-electron chi connectivity index (χ1n) is 11.1. The van der Waals surface area contributed by atoms with Crippen molar-refractivity contribution in [3.05, 3.63) is 72.8 Å². The second-order valence-corrected chi connectivity index (χ2v) is 9.28. The van der Waals surface area contributed by atoms with Crippen LogP contribution in [0.2, 0.25) is 0 Å². The summed E-state index contributed by atoms with van der Waals surface area (Å²) >= 11 is 1.39. The summed E-state index contributed by atoms with van der Waals surface area (Å²) < 4.78 is 2.03. The number of nitrogens with one attached hydrogen (secondary N) is 1. The molecule has 1 N–H and O–H groups in total. The molecule has 168 valence electrons. The van der Waals surface area contributed by atoms with Crippen LogP contribution >= 0.6 is 11.8 Å². The van der Waals surface area contributed by atoms with E-state index in [9.17, 15) is 9.59 Å². The summed E-state index contributed by atoms with van der Waals surface area (Å²) in [7, 11) is 0. The van der Waals surface area contributed by atoms with Crippen molar-refractivity contribution in [1.29, 1.82) is 0 Å². The Morgan fingerprint density at radius 2 is 1.74 bits per heavy atom. The zero-order valence-electron chi connectivity index (χ0n) is 18.4. The highest BCUT2D eigenvalue weighted by molar-refractivity contribution is 7.99. The van der Waals surface area contributed by atoms with Crippen LogP contribution in [0.3, 0.4) is 0 Å². The van der Waals surface area contributed by atoms with Crippen molar-refractivity contribution in [2.75, 3.05) is 16.0 Å². The molecule has 3 aromatic carbocycles. The number of benzene rings is 3. The van der Waals surface area contributed by atoms with Gasteiger partial charge < -0.3 is 10.2 Å². The third-order valence-electron chi connectivity index (χ3n) is 6.07. The lowest BCUT2D eigenvalue weighted by molar-refractivity contribution is -0.117. The number of carbonyl (C=O) groups excluding carboxylic acids is 2. The van der Waals surface area contributed by atoms with Gasteiger partial charge in [-0.1, -0.05) is 48.2 Å². The van der Waals surface area contributed by atoms with Gasteiger partial charge in [0.05, 0.1) is 33.7 Å². The third kappa shape index (κ3) is 3.38. The molecular formula is C26H21N5O2S. The molecule has 0 fully saturated rings. The fourth-order valence-corrected chi connectivity index (χ4v) is 5.44. The highest BCUT2D eigenvalue weighted by Crippen LogP contribution is 2.33. The number of hydrogen-bond acceptors (Lipinski definition) is 5. The molecule has 1 unspecified atom stereocenters. The predicted octanol–water partition coefficient (Wildman–Crippen LogP) is 4.89. The standard InChI is InChI=1S/C26H21N5O2S/c1-16-14-23(32)27-19-10-4-6-12-21(19)30(16)24(33)15-34-26-29-18-9-3-2-8-17(18)25-28-20-11-5-7-13-22(20)31(25)26/h2-13,16H,14-15H2,1H3,(H,27,32). The average Bonchev–Trinajstić information content (AvgIpc) is 3.18. The van der Waals surface area contributed by atoms with Crippen LogP contribution in [0.4, 0.5) is 11.4 Å². The Labute approximate surface area is 199 Å². The quantitative estimate of drug-likeness (QED) is 0.302. The fraction of sp³-hybridized carbons (Fsp3) is 0.154. The topological polar surface area (TPSA) is 79.6 Å². The van der Waals surface area contributed by atoms with E-state index in [1.54, 1.807) is 4.90 Å². The van der Waals surface area contributed by atoms with E-state index in [2.05, 4.69) is 5.32 Å². The molecule has 5 aromatic rings. The molecule has 2 amide bonds. The van der Waals surface area contributed by atoms with Gasteiger partial charge >= 0.3 is 0 Å². The van der Waals surface area contributed by atoms with E-state index in [1.165, 1.54) is 11.8 Å². The van der Waals surface area contributed by atoms with Crippen molar-refractivity contribution in [2.24, 2.45) is 0 Å². The summed E-state index contributed by atoms with van der Waals surface area (Å²) in [6.45, 7) is 1.90. The number of nitrogens with zero attached hydrogens (tertiary/aromatic N) is 4. The average molecular weight is 468 g/mol. The molecule has 0 saturated heterocycles. The van der Waals surface area contributed by atoms with Crippen molar-refractivity contribution in [2.45, 2.75) is 24.5 Å². The summed E-state index contributed by atoms with van der Waals surface area (Å²) in [5, 5.41) is 4.58. The van der Waals surface area contributed by atoms with Gasteiger partial charge in [0.15, 0.2) is 5.16 Å². The van der Waals surface area contributed by atoms with E-state index < -0.39 is 0 Å². The molecule has 3 heterocycles. The minimum atomic E-state index is -0.254. The number of hydrogen-bond donors (Lipinski definition) is 1. The molecule has 0 radical (unpaired) electrons. The Kier molecular flexibility index (Phi) is 4.95. The maximum absolute atomic E-state index is 13.5. The van der Waals surface area contributed by atoms with Crippen LogP contribution < -0.4 is 10.2 Å². The van der Waals surface area contributed by atoms with Gasteiger partial charge in [-0.2, -0.15) is 0 Å². The van der Waals surface area contributed by atoms with Gasteiger partial charge in [-0.3, -0.25) is 14.0 Å². The number of rotatable bonds is 3. The normalized spacial score (nSPS) is 16.0. The molecule has 0 saturated carbocycles. The largest absolute Gasteiger partial charge is 0.324 e. The van der Waals surface area contributed by atoms with Gasteiger partial charge in [0.25, 0.3) is 0 Å². The van der Waals surface area contributed by atoms with Gasteiger partial charge in [0.1, 0.15) is 5.65 Å². The van der Waals surface area contributed by atoms with Gasteiger partial charge in [-0.05, 0) is 43.3 Å². The van der Waals surface area contributed by atoms with E-state index in [-0.39, 0.29) is 30.0 Å². The highest BCUT2D eigenvalue weighted by Gasteiger charge is 2.29. The Morgan fingerprint density at radius 3 is 2.62 bits per heavy atom. The number of imidazole rings is 1. The van der Waals surface area contributed by atoms with Gasteiger partial charge in [-0.25, -0.2) is 9.97 Å². The second-order valence-electron chi connectivity index (χ2n) is 8.34. The number of fused-ring (bicyclic) bond motifs is 6. The molecular weight excluding hydrogens is 446 g/mol. The number of para-hydroxylation sites is 5. The van der Waals surface area contributed by atoms with E-state index in [0.29, 0.717) is 10.8 Å². The van der Waals surface area contributed by atoms with E-state index in [1.807, 2.05) is 84.1 Å². The van der Waals surface area contributed by atoms with E-state index >= 15 is 0 Å². The molecule has 6 rings (SSSR count). The maximum atomic E-state index is 13.5. The predicted molar refractivity (Wildman–Crippen MR) is 135 cm³/mol. The minimum Gasteiger partial charge on any atom is -0.324 e. The number of anilines is 2. The summed E-state index contributed by atoms with van der Waals surface area (Å²) in [6.07, 6.45) is 0.246. The van der Waals surface area contributed by atoms with Crippen LogP contribution in [0.5, 0.6) is 0 Å². The molecule has 0 bridgehead atoms. The molecule has 0 spiro atoms. The van der Waals surface area contributed by atoms with Crippen molar-refractivity contribution < 1.29 is 9.59 Å². The maximum Gasteiger partial charge on any atom is 0.237 e. The van der Waals surface area contributed by atoms with Crippen LogP contribution in [0.1, 0.15) is 13.3 Å². The zero-order chi connectivity index (χ0) is 23.2. The third-order valence-corrected chi connectivity index (χ3v) is 6.99. The fourth-order valence-electron chi connectivity index (χ4n) is 4.57. The lowest BCUT2D eigenvalue weighted by atomic mass is 10.2. The Balaban J connectivity index is 1.40. The van der Waals surface area contributed by atoms with Crippen LogP contribution in [-0.2, 0) is 9.59 Å². The Morgan fingerprint density at radius 1 is 1.00 bits per heavy atom. The Hall–Kier alpha value is -3.91. The van der Waals surface area contributed by atoms with Gasteiger partial charge in [0, 0.05) is 17.8 Å². The molecule has 34 heavy (non-hydrogen) atoms. The summed E-state index contributed by atoms with van der Waals surface area (Å²) in [5.41, 5.74) is 4.87. The van der Waals surface area contributed by atoms with Crippen molar-refractivity contribution >= 4 is 62.5 Å². The van der Waals surface area contributed by atoms with Crippen LogP contribution in [0.25, 0.3) is 27.6 Å². The van der Waals surface area contributed by atoms with E-state index in [4.69, 9.17) is 9.97 Å². The molecule has 7 nitrogen and oxygen atoms in total. The van der Waals surface area contributed by atoms with Gasteiger partial charge in [-0.15, -0.1) is 0 Å². The van der Waals surface area contributed by atoms with Gasteiger partial charge in [0.2, 0.25) is 11.8 Å². The molecule has 0 aliphatic carbocycles. The minimum absolute atomic E-state index is 0.0750. The molecule has 1 aliphatic heterocycles. The van der Waals surface area contributed by atoms with Crippen molar-refractivity contribution in [3.63, 3.8) is 0 Å². The number of carbonyl (C=O) groups is 2. The molecule has 2 aromatic heterocycles. The lowest BCUT2D eigenvalue weighted by Gasteiger charge is -2.27. The first-order chi connectivity index (χ1) is 16.6. The lowest BCUT2D eigenvalue weighted by Crippen LogP contribution is -2.40. The SMILES string of the molecule is CC1CC(=O)Nc2ccccc2N1C(=O)CSc1nc2ccccc2c2nc3ccccc3n12. The first kappa shape index (κ1) is 20.7. The monoisotopic (exact) mass is 467 g/mol. The zero-order valence-corrected chi connectivity index (χ0v) is 19.2.